The molecule has 0 aromatic heterocycles. The maximum Gasteiger partial charge on any atom is 0.123 e. The average Bonchev–Trinajstić information content (AvgIpc) is 2.49. The van der Waals surface area contributed by atoms with Crippen LogP contribution >= 0.6 is 0 Å². The molecule has 2 nitrogen and oxygen atoms in total. The minimum atomic E-state index is 0.529. The van der Waals surface area contributed by atoms with Gasteiger partial charge in [0.1, 0.15) is 5.75 Å². The molecule has 2 aromatic carbocycles. The largest absolute Gasteiger partial charge is 0.493 e. The van der Waals surface area contributed by atoms with E-state index in [1.54, 1.807) is 0 Å². The molecule has 2 N–H and O–H groups in total. The molecule has 0 unspecified atom stereocenters. The van der Waals surface area contributed by atoms with E-state index in [0.717, 1.165) is 37.2 Å². The first-order valence-electron chi connectivity index (χ1n) is 7.26. The highest BCUT2D eigenvalue weighted by Gasteiger charge is 2.02. The first-order valence-corrected chi connectivity index (χ1v) is 7.26. The van der Waals surface area contributed by atoms with Crippen molar-refractivity contribution in [3.8, 4) is 5.75 Å². The third kappa shape index (κ3) is 4.39. The zero-order valence-electron chi connectivity index (χ0n) is 12.1. The van der Waals surface area contributed by atoms with Gasteiger partial charge in [0.25, 0.3) is 0 Å². The molecule has 0 aliphatic rings. The Balaban J connectivity index is 1.73. The minimum absolute atomic E-state index is 0.529. The van der Waals surface area contributed by atoms with E-state index in [4.69, 9.17) is 10.5 Å². The molecule has 0 saturated heterocycles. The van der Waals surface area contributed by atoms with Crippen molar-refractivity contribution in [1.82, 2.24) is 0 Å². The van der Waals surface area contributed by atoms with Gasteiger partial charge in [-0.25, -0.2) is 0 Å². The molecule has 0 radical (unpaired) electrons. The fourth-order valence-electron chi connectivity index (χ4n) is 2.27. The zero-order chi connectivity index (χ0) is 14.2. The summed E-state index contributed by atoms with van der Waals surface area (Å²) in [5.74, 6) is 0.929. The summed E-state index contributed by atoms with van der Waals surface area (Å²) < 4.78 is 5.84. The van der Waals surface area contributed by atoms with Gasteiger partial charge < -0.3 is 10.5 Å². The standard InChI is InChI=1S/C18H23NO/c1-15-10-11-18(17(13-15)14-19)20-12-6-5-9-16-7-3-2-4-8-16/h2-4,7-8,10-11,13H,5-6,9,12,14,19H2,1H3. The topological polar surface area (TPSA) is 35.2 Å². The predicted octanol–water partition coefficient (Wildman–Crippen LogP) is 3.86. The Morgan fingerprint density at radius 2 is 1.80 bits per heavy atom. The molecule has 106 valence electrons. The van der Waals surface area contributed by atoms with E-state index < -0.39 is 0 Å². The molecule has 0 spiro atoms. The number of rotatable bonds is 7. The number of ether oxygens (including phenoxy) is 1. The second-order valence-corrected chi connectivity index (χ2v) is 5.11. The van der Waals surface area contributed by atoms with Gasteiger partial charge in [-0.05, 0) is 37.8 Å². The Labute approximate surface area is 121 Å². The van der Waals surface area contributed by atoms with Crippen LogP contribution in [0.5, 0.6) is 5.75 Å². The lowest BCUT2D eigenvalue weighted by molar-refractivity contribution is 0.304. The van der Waals surface area contributed by atoms with Crippen LogP contribution < -0.4 is 10.5 Å². The van der Waals surface area contributed by atoms with Crippen molar-refractivity contribution < 1.29 is 4.74 Å². The van der Waals surface area contributed by atoms with Crippen LogP contribution in [-0.2, 0) is 13.0 Å². The van der Waals surface area contributed by atoms with Crippen LogP contribution in [0.2, 0.25) is 0 Å². The van der Waals surface area contributed by atoms with E-state index in [1.165, 1.54) is 11.1 Å². The van der Waals surface area contributed by atoms with Crippen LogP contribution in [0.4, 0.5) is 0 Å². The van der Waals surface area contributed by atoms with E-state index in [2.05, 4.69) is 49.4 Å². The Hall–Kier alpha value is -1.80. The van der Waals surface area contributed by atoms with Crippen molar-refractivity contribution in [3.05, 3.63) is 65.2 Å². The molecule has 20 heavy (non-hydrogen) atoms. The summed E-state index contributed by atoms with van der Waals surface area (Å²) in [5.41, 5.74) is 9.45. The molecule has 2 heteroatoms. The Kier molecular flexibility index (Phi) is 5.63. The number of aryl methyl sites for hydroxylation is 2. The smallest absolute Gasteiger partial charge is 0.123 e. The summed E-state index contributed by atoms with van der Waals surface area (Å²) in [4.78, 5) is 0. The van der Waals surface area contributed by atoms with Crippen molar-refractivity contribution in [2.24, 2.45) is 5.73 Å². The molecule has 2 aromatic rings. The Bertz CT molecular complexity index is 522. The Morgan fingerprint density at radius 3 is 2.55 bits per heavy atom. The van der Waals surface area contributed by atoms with Crippen molar-refractivity contribution in [1.29, 1.82) is 0 Å². The molecule has 0 bridgehead atoms. The van der Waals surface area contributed by atoms with Crippen LogP contribution in [0.25, 0.3) is 0 Å². The fraction of sp³-hybridized carbons (Fsp3) is 0.333. The number of hydrogen-bond acceptors (Lipinski definition) is 2. The van der Waals surface area contributed by atoms with E-state index in [9.17, 15) is 0 Å². The molecule has 0 fully saturated rings. The lowest BCUT2D eigenvalue weighted by Gasteiger charge is -2.11. The molecule has 0 heterocycles. The molecule has 0 saturated carbocycles. The monoisotopic (exact) mass is 269 g/mol. The number of hydrogen-bond donors (Lipinski definition) is 1. The third-order valence-electron chi connectivity index (χ3n) is 3.40. The van der Waals surface area contributed by atoms with Crippen LogP contribution in [0.3, 0.4) is 0 Å². The first-order chi connectivity index (χ1) is 9.79. The highest BCUT2D eigenvalue weighted by Crippen LogP contribution is 2.19. The second-order valence-electron chi connectivity index (χ2n) is 5.11. The summed E-state index contributed by atoms with van der Waals surface area (Å²) in [6.45, 7) is 3.35. The summed E-state index contributed by atoms with van der Waals surface area (Å²) in [7, 11) is 0. The van der Waals surface area contributed by atoms with Crippen LogP contribution in [-0.4, -0.2) is 6.61 Å². The van der Waals surface area contributed by atoms with Gasteiger partial charge in [-0.3, -0.25) is 0 Å². The summed E-state index contributed by atoms with van der Waals surface area (Å²) in [6, 6.07) is 16.8. The van der Waals surface area contributed by atoms with Gasteiger partial charge in [0.15, 0.2) is 0 Å². The van der Waals surface area contributed by atoms with Gasteiger partial charge in [-0.15, -0.1) is 0 Å². The molecular formula is C18H23NO. The van der Waals surface area contributed by atoms with Gasteiger partial charge in [-0.1, -0.05) is 48.0 Å². The fourth-order valence-corrected chi connectivity index (χ4v) is 2.27. The maximum atomic E-state index is 5.84. The molecular weight excluding hydrogens is 246 g/mol. The summed E-state index contributed by atoms with van der Waals surface area (Å²) in [6.07, 6.45) is 3.32. The quantitative estimate of drug-likeness (QED) is 0.775. The van der Waals surface area contributed by atoms with Gasteiger partial charge in [0.2, 0.25) is 0 Å². The number of unbranched alkanes of at least 4 members (excludes halogenated alkanes) is 1. The summed E-state index contributed by atoms with van der Waals surface area (Å²) in [5, 5.41) is 0. The molecule has 0 aliphatic heterocycles. The lowest BCUT2D eigenvalue weighted by Crippen LogP contribution is -2.04. The van der Waals surface area contributed by atoms with E-state index >= 15 is 0 Å². The predicted molar refractivity (Wildman–Crippen MR) is 83.9 cm³/mol. The lowest BCUT2D eigenvalue weighted by atomic mass is 10.1. The highest BCUT2D eigenvalue weighted by molar-refractivity contribution is 5.36. The third-order valence-corrected chi connectivity index (χ3v) is 3.40. The van der Waals surface area contributed by atoms with Crippen LogP contribution in [0, 0.1) is 6.92 Å². The molecule has 2 rings (SSSR count). The van der Waals surface area contributed by atoms with Crippen molar-refractivity contribution in [2.45, 2.75) is 32.7 Å². The van der Waals surface area contributed by atoms with Gasteiger partial charge in [0, 0.05) is 12.1 Å². The SMILES string of the molecule is Cc1ccc(OCCCCc2ccccc2)c(CN)c1. The average molecular weight is 269 g/mol. The zero-order valence-corrected chi connectivity index (χ0v) is 12.1. The van der Waals surface area contributed by atoms with Crippen molar-refractivity contribution >= 4 is 0 Å². The van der Waals surface area contributed by atoms with Crippen LogP contribution in [0.1, 0.15) is 29.5 Å². The minimum Gasteiger partial charge on any atom is -0.493 e. The van der Waals surface area contributed by atoms with Gasteiger partial charge in [0.05, 0.1) is 6.61 Å². The maximum absolute atomic E-state index is 5.84. The van der Waals surface area contributed by atoms with Crippen molar-refractivity contribution in [2.75, 3.05) is 6.61 Å². The van der Waals surface area contributed by atoms with Gasteiger partial charge in [-0.2, -0.15) is 0 Å². The normalized spacial score (nSPS) is 10.5. The molecule has 0 amide bonds. The van der Waals surface area contributed by atoms with E-state index in [-0.39, 0.29) is 0 Å². The Morgan fingerprint density at radius 1 is 1.00 bits per heavy atom. The number of benzene rings is 2. The summed E-state index contributed by atoms with van der Waals surface area (Å²) >= 11 is 0. The second kappa shape index (κ2) is 7.71. The van der Waals surface area contributed by atoms with Crippen LogP contribution in [0.15, 0.2) is 48.5 Å². The molecule has 0 atom stereocenters. The molecule has 0 aliphatic carbocycles. The van der Waals surface area contributed by atoms with Gasteiger partial charge >= 0.3 is 0 Å². The van der Waals surface area contributed by atoms with Crippen molar-refractivity contribution in [3.63, 3.8) is 0 Å². The first kappa shape index (κ1) is 14.6. The van der Waals surface area contributed by atoms with E-state index in [0.29, 0.717) is 6.54 Å². The highest BCUT2D eigenvalue weighted by atomic mass is 16.5. The number of nitrogens with two attached hydrogens (primary N) is 1. The van der Waals surface area contributed by atoms with E-state index in [1.807, 2.05) is 6.07 Å².